The zero-order valence-corrected chi connectivity index (χ0v) is 12.3. The number of ether oxygens (including phenoxy) is 1. The first-order chi connectivity index (χ1) is 9.81. The number of rotatable bonds is 6. The number of hydrogen-bond acceptors (Lipinski definition) is 3. The van der Waals surface area contributed by atoms with Crippen molar-refractivity contribution in [1.82, 2.24) is 9.88 Å². The molecule has 0 N–H and O–H groups in total. The molecule has 4 nitrogen and oxygen atoms in total. The van der Waals surface area contributed by atoms with Crippen LogP contribution in [0.15, 0.2) is 24.5 Å². The SMILES string of the molecule is COCCCC1CCCCN1C(=O)Cc1ccncc1. The topological polar surface area (TPSA) is 42.4 Å². The third-order valence-electron chi connectivity index (χ3n) is 3.94. The summed E-state index contributed by atoms with van der Waals surface area (Å²) in [6.07, 6.45) is 9.55. The van der Waals surface area contributed by atoms with Gasteiger partial charge in [-0.3, -0.25) is 9.78 Å². The quantitative estimate of drug-likeness (QED) is 0.749. The second kappa shape index (κ2) is 8.00. The number of hydrogen-bond donors (Lipinski definition) is 0. The number of nitrogens with zero attached hydrogens (tertiary/aromatic N) is 2. The summed E-state index contributed by atoms with van der Waals surface area (Å²) >= 11 is 0. The number of amides is 1. The lowest BCUT2D eigenvalue weighted by molar-refractivity contribution is -0.134. The van der Waals surface area contributed by atoms with Crippen molar-refractivity contribution in [2.75, 3.05) is 20.3 Å². The molecule has 2 heterocycles. The zero-order chi connectivity index (χ0) is 14.2. The highest BCUT2D eigenvalue weighted by Gasteiger charge is 2.26. The first-order valence-electron chi connectivity index (χ1n) is 7.48. The Labute approximate surface area is 121 Å². The first-order valence-corrected chi connectivity index (χ1v) is 7.48. The van der Waals surface area contributed by atoms with Crippen LogP contribution < -0.4 is 0 Å². The van der Waals surface area contributed by atoms with Crippen LogP contribution >= 0.6 is 0 Å². The van der Waals surface area contributed by atoms with Crippen LogP contribution in [0.4, 0.5) is 0 Å². The van der Waals surface area contributed by atoms with Gasteiger partial charge in [-0.1, -0.05) is 0 Å². The van der Waals surface area contributed by atoms with Gasteiger partial charge in [0, 0.05) is 38.7 Å². The summed E-state index contributed by atoms with van der Waals surface area (Å²) in [6.45, 7) is 1.68. The fourth-order valence-electron chi connectivity index (χ4n) is 2.87. The number of methoxy groups -OCH3 is 1. The van der Waals surface area contributed by atoms with Crippen molar-refractivity contribution in [1.29, 1.82) is 0 Å². The molecule has 1 saturated heterocycles. The highest BCUT2D eigenvalue weighted by molar-refractivity contribution is 5.79. The van der Waals surface area contributed by atoms with Gasteiger partial charge in [0.15, 0.2) is 0 Å². The lowest BCUT2D eigenvalue weighted by Gasteiger charge is -2.36. The number of aromatic nitrogens is 1. The monoisotopic (exact) mass is 276 g/mol. The molecule has 1 unspecified atom stereocenters. The van der Waals surface area contributed by atoms with Crippen molar-refractivity contribution >= 4 is 5.91 Å². The highest BCUT2D eigenvalue weighted by atomic mass is 16.5. The molecule has 20 heavy (non-hydrogen) atoms. The van der Waals surface area contributed by atoms with E-state index < -0.39 is 0 Å². The van der Waals surface area contributed by atoms with Crippen LogP contribution in [0.2, 0.25) is 0 Å². The van der Waals surface area contributed by atoms with Gasteiger partial charge >= 0.3 is 0 Å². The Morgan fingerprint density at radius 2 is 2.20 bits per heavy atom. The maximum Gasteiger partial charge on any atom is 0.227 e. The lowest BCUT2D eigenvalue weighted by atomic mass is 9.97. The average molecular weight is 276 g/mol. The minimum atomic E-state index is 0.248. The summed E-state index contributed by atoms with van der Waals surface area (Å²) in [4.78, 5) is 18.6. The molecule has 110 valence electrons. The van der Waals surface area contributed by atoms with E-state index in [1.807, 2.05) is 12.1 Å². The van der Waals surface area contributed by atoms with E-state index >= 15 is 0 Å². The van der Waals surface area contributed by atoms with E-state index in [2.05, 4.69) is 9.88 Å². The van der Waals surface area contributed by atoms with Crippen molar-refractivity contribution in [3.8, 4) is 0 Å². The van der Waals surface area contributed by atoms with E-state index in [9.17, 15) is 4.79 Å². The first kappa shape index (κ1) is 15.0. The Morgan fingerprint density at radius 1 is 1.40 bits per heavy atom. The van der Waals surface area contributed by atoms with Gasteiger partial charge in [0.1, 0.15) is 0 Å². The molecule has 0 aliphatic carbocycles. The third-order valence-corrected chi connectivity index (χ3v) is 3.94. The van der Waals surface area contributed by atoms with E-state index in [-0.39, 0.29) is 5.91 Å². The normalized spacial score (nSPS) is 19.1. The summed E-state index contributed by atoms with van der Waals surface area (Å²) in [5, 5.41) is 0. The Kier molecular flexibility index (Phi) is 5.99. The molecule has 1 amide bonds. The van der Waals surface area contributed by atoms with Crippen LogP contribution in [-0.2, 0) is 16.0 Å². The summed E-state index contributed by atoms with van der Waals surface area (Å²) in [7, 11) is 1.73. The Morgan fingerprint density at radius 3 is 2.95 bits per heavy atom. The Bertz CT molecular complexity index is 408. The van der Waals surface area contributed by atoms with Crippen LogP contribution in [0.1, 0.15) is 37.7 Å². The van der Waals surface area contributed by atoms with Gasteiger partial charge in [-0.15, -0.1) is 0 Å². The molecule has 0 saturated carbocycles. The predicted octanol–water partition coefficient (Wildman–Crippen LogP) is 2.43. The van der Waals surface area contributed by atoms with E-state index in [1.54, 1.807) is 19.5 Å². The summed E-state index contributed by atoms with van der Waals surface area (Å²) in [5.74, 6) is 0.248. The number of carbonyl (C=O) groups excluding carboxylic acids is 1. The minimum Gasteiger partial charge on any atom is -0.385 e. The van der Waals surface area contributed by atoms with Gasteiger partial charge < -0.3 is 9.64 Å². The highest BCUT2D eigenvalue weighted by Crippen LogP contribution is 2.22. The second-order valence-corrected chi connectivity index (χ2v) is 5.40. The maximum atomic E-state index is 12.5. The van der Waals surface area contributed by atoms with Crippen molar-refractivity contribution in [3.05, 3.63) is 30.1 Å². The molecule has 1 atom stereocenters. The summed E-state index contributed by atoms with van der Waals surface area (Å²) in [5.41, 5.74) is 1.05. The predicted molar refractivity (Wildman–Crippen MR) is 78.4 cm³/mol. The Balaban J connectivity index is 1.91. The average Bonchev–Trinajstić information content (AvgIpc) is 2.49. The van der Waals surface area contributed by atoms with Gasteiger partial charge in [0.05, 0.1) is 6.42 Å². The number of pyridine rings is 1. The molecule has 1 aliphatic heterocycles. The fourth-order valence-corrected chi connectivity index (χ4v) is 2.87. The van der Waals surface area contributed by atoms with Crippen LogP contribution in [0.5, 0.6) is 0 Å². The van der Waals surface area contributed by atoms with Crippen molar-refractivity contribution < 1.29 is 9.53 Å². The molecule has 0 spiro atoms. The molecule has 4 heteroatoms. The minimum absolute atomic E-state index is 0.248. The summed E-state index contributed by atoms with van der Waals surface area (Å²) < 4.78 is 5.11. The number of piperidine rings is 1. The summed E-state index contributed by atoms with van der Waals surface area (Å²) in [6, 6.07) is 4.23. The molecule has 1 aromatic rings. The largest absolute Gasteiger partial charge is 0.385 e. The van der Waals surface area contributed by atoms with Gasteiger partial charge in [-0.05, 0) is 49.8 Å². The van der Waals surface area contributed by atoms with Crippen LogP contribution in [0, 0.1) is 0 Å². The number of likely N-dealkylation sites (tertiary alicyclic amines) is 1. The lowest BCUT2D eigenvalue weighted by Crippen LogP contribution is -2.44. The van der Waals surface area contributed by atoms with Crippen molar-refractivity contribution in [2.45, 2.75) is 44.6 Å². The molecule has 1 aromatic heterocycles. The van der Waals surface area contributed by atoms with Crippen molar-refractivity contribution in [2.24, 2.45) is 0 Å². The standard InChI is InChI=1S/C16H24N2O2/c1-20-12-4-6-15-5-2-3-11-18(15)16(19)13-14-7-9-17-10-8-14/h7-10,15H,2-6,11-13H2,1H3. The maximum absolute atomic E-state index is 12.5. The van der Waals surface area contributed by atoms with Crippen molar-refractivity contribution in [3.63, 3.8) is 0 Å². The molecule has 1 fully saturated rings. The van der Waals surface area contributed by atoms with Crippen LogP contribution in [-0.4, -0.2) is 42.1 Å². The van der Waals surface area contributed by atoms with E-state index in [1.165, 1.54) is 6.42 Å². The second-order valence-electron chi connectivity index (χ2n) is 5.40. The smallest absolute Gasteiger partial charge is 0.227 e. The number of carbonyl (C=O) groups is 1. The van der Waals surface area contributed by atoms with Gasteiger partial charge in [0.25, 0.3) is 0 Å². The molecule has 2 rings (SSSR count). The van der Waals surface area contributed by atoms with Gasteiger partial charge in [0.2, 0.25) is 5.91 Å². The van der Waals surface area contributed by atoms with E-state index in [4.69, 9.17) is 4.74 Å². The molecule has 0 bridgehead atoms. The van der Waals surface area contributed by atoms with E-state index in [0.717, 1.165) is 44.4 Å². The fraction of sp³-hybridized carbons (Fsp3) is 0.625. The Hall–Kier alpha value is -1.42. The van der Waals surface area contributed by atoms with Crippen LogP contribution in [0.3, 0.4) is 0 Å². The molecular weight excluding hydrogens is 252 g/mol. The zero-order valence-electron chi connectivity index (χ0n) is 12.3. The van der Waals surface area contributed by atoms with Gasteiger partial charge in [-0.2, -0.15) is 0 Å². The van der Waals surface area contributed by atoms with Crippen LogP contribution in [0.25, 0.3) is 0 Å². The van der Waals surface area contributed by atoms with Gasteiger partial charge in [-0.25, -0.2) is 0 Å². The third kappa shape index (κ3) is 4.30. The molecule has 0 radical (unpaired) electrons. The molecule has 0 aromatic carbocycles. The van der Waals surface area contributed by atoms with E-state index in [0.29, 0.717) is 12.5 Å². The molecular formula is C16H24N2O2. The molecule has 1 aliphatic rings.